The molecule has 128 valence electrons. The van der Waals surface area contributed by atoms with Crippen molar-refractivity contribution < 1.29 is 13.2 Å². The highest BCUT2D eigenvalue weighted by Gasteiger charge is 2.28. The summed E-state index contributed by atoms with van der Waals surface area (Å²) in [5.74, 6) is 0.0810. The van der Waals surface area contributed by atoms with Crippen LogP contribution < -0.4 is 4.90 Å². The van der Waals surface area contributed by atoms with Crippen LogP contribution in [0.15, 0.2) is 23.1 Å². The molecule has 1 heterocycles. The van der Waals surface area contributed by atoms with Gasteiger partial charge in [-0.3, -0.25) is 4.79 Å². The van der Waals surface area contributed by atoms with Crippen LogP contribution >= 0.6 is 0 Å². The first kappa shape index (κ1) is 17.9. The van der Waals surface area contributed by atoms with Gasteiger partial charge in [0.15, 0.2) is 0 Å². The average Bonchev–Trinajstić information content (AvgIpc) is 2.97. The summed E-state index contributed by atoms with van der Waals surface area (Å²) in [6.07, 6.45) is 2.99. The maximum absolute atomic E-state index is 12.8. The van der Waals surface area contributed by atoms with Crippen LogP contribution in [0.2, 0.25) is 0 Å². The third kappa shape index (κ3) is 3.58. The molecule has 0 N–H and O–H groups in total. The minimum absolute atomic E-state index is 0.0810. The molecule has 0 fully saturated rings. The van der Waals surface area contributed by atoms with E-state index in [9.17, 15) is 13.2 Å². The molecule has 0 bridgehead atoms. The fourth-order valence-corrected chi connectivity index (χ4v) is 4.46. The number of hydrogen-bond donors (Lipinski definition) is 0. The molecule has 2 rings (SSSR count). The normalized spacial score (nSPS) is 14.3. The van der Waals surface area contributed by atoms with Gasteiger partial charge in [-0.05, 0) is 36.6 Å². The molecule has 23 heavy (non-hydrogen) atoms. The summed E-state index contributed by atoms with van der Waals surface area (Å²) in [7, 11) is -3.46. The van der Waals surface area contributed by atoms with Crippen molar-refractivity contribution in [3.63, 3.8) is 0 Å². The van der Waals surface area contributed by atoms with Crippen molar-refractivity contribution in [2.24, 2.45) is 0 Å². The van der Waals surface area contributed by atoms with Crippen molar-refractivity contribution >= 4 is 21.6 Å². The van der Waals surface area contributed by atoms with Crippen LogP contribution in [0.3, 0.4) is 0 Å². The Morgan fingerprint density at radius 1 is 1.26 bits per heavy atom. The molecule has 0 unspecified atom stereocenters. The maximum Gasteiger partial charge on any atom is 0.243 e. The second kappa shape index (κ2) is 7.45. The fraction of sp³-hybridized carbons (Fsp3) is 0.588. The van der Waals surface area contributed by atoms with Crippen molar-refractivity contribution in [1.82, 2.24) is 4.31 Å². The number of anilines is 1. The van der Waals surface area contributed by atoms with Gasteiger partial charge in [-0.25, -0.2) is 8.42 Å². The Kier molecular flexibility index (Phi) is 5.81. The lowest BCUT2D eigenvalue weighted by molar-refractivity contribution is -0.118. The Balaban J connectivity index is 2.30. The van der Waals surface area contributed by atoms with Crippen LogP contribution in [0.25, 0.3) is 0 Å². The van der Waals surface area contributed by atoms with Crippen molar-refractivity contribution in [3.8, 4) is 0 Å². The molecule has 0 atom stereocenters. The van der Waals surface area contributed by atoms with Gasteiger partial charge in [0, 0.05) is 31.7 Å². The lowest BCUT2D eigenvalue weighted by Gasteiger charge is -2.21. The fourth-order valence-electron chi connectivity index (χ4n) is 2.92. The Morgan fingerprint density at radius 3 is 2.61 bits per heavy atom. The zero-order chi connectivity index (χ0) is 17.0. The quantitative estimate of drug-likeness (QED) is 0.768. The number of fused-ring (bicyclic) bond motifs is 1. The first-order valence-electron chi connectivity index (χ1n) is 8.39. The average molecular weight is 338 g/mol. The van der Waals surface area contributed by atoms with Gasteiger partial charge < -0.3 is 4.90 Å². The second-order valence-corrected chi connectivity index (χ2v) is 7.73. The molecule has 0 radical (unpaired) electrons. The highest BCUT2D eigenvalue weighted by molar-refractivity contribution is 7.89. The number of carbonyl (C=O) groups is 1. The van der Waals surface area contributed by atoms with Gasteiger partial charge >= 0.3 is 0 Å². The Morgan fingerprint density at radius 2 is 2.00 bits per heavy atom. The number of rotatable bonds is 7. The zero-order valence-electron chi connectivity index (χ0n) is 14.2. The Bertz CT molecular complexity index is 670. The predicted octanol–water partition coefficient (Wildman–Crippen LogP) is 2.80. The molecule has 1 aromatic carbocycles. The largest absolute Gasteiger partial charge is 0.312 e. The number of unbranched alkanes of at least 4 members (excludes halogenated alkanes) is 1. The van der Waals surface area contributed by atoms with Crippen LogP contribution in [0, 0.1) is 0 Å². The molecule has 1 aliphatic heterocycles. The molecule has 0 saturated carbocycles. The SMILES string of the molecule is CCCCN(CC)S(=O)(=O)c1ccc2c(c1)CCN2C(=O)CC. The molecular formula is C17H26N2O3S. The van der Waals surface area contributed by atoms with Crippen molar-refractivity contribution in [1.29, 1.82) is 0 Å². The highest BCUT2D eigenvalue weighted by atomic mass is 32.2. The minimum Gasteiger partial charge on any atom is -0.312 e. The molecule has 0 saturated heterocycles. The lowest BCUT2D eigenvalue weighted by Crippen LogP contribution is -2.32. The van der Waals surface area contributed by atoms with Crippen molar-refractivity contribution in [2.45, 2.75) is 51.3 Å². The summed E-state index contributed by atoms with van der Waals surface area (Å²) < 4.78 is 27.1. The van der Waals surface area contributed by atoms with Crippen molar-refractivity contribution in [3.05, 3.63) is 23.8 Å². The molecule has 1 aromatic rings. The lowest BCUT2D eigenvalue weighted by atomic mass is 10.2. The number of benzene rings is 1. The molecule has 0 spiro atoms. The summed E-state index contributed by atoms with van der Waals surface area (Å²) in [6.45, 7) is 7.41. The molecule has 0 aliphatic carbocycles. The van der Waals surface area contributed by atoms with Crippen molar-refractivity contribution in [2.75, 3.05) is 24.5 Å². The van der Waals surface area contributed by atoms with Gasteiger partial charge in [-0.2, -0.15) is 4.31 Å². The number of amides is 1. The first-order chi connectivity index (χ1) is 11.0. The summed E-state index contributed by atoms with van der Waals surface area (Å²) in [5.41, 5.74) is 1.80. The van der Waals surface area contributed by atoms with E-state index in [0.29, 0.717) is 37.4 Å². The third-order valence-electron chi connectivity index (χ3n) is 4.30. The zero-order valence-corrected chi connectivity index (χ0v) is 15.0. The predicted molar refractivity (Wildman–Crippen MR) is 92.1 cm³/mol. The minimum atomic E-state index is -3.46. The maximum atomic E-state index is 12.8. The summed E-state index contributed by atoms with van der Waals surface area (Å²) in [6, 6.07) is 5.14. The van der Waals surface area contributed by atoms with E-state index in [4.69, 9.17) is 0 Å². The van der Waals surface area contributed by atoms with Crippen LogP contribution in [0.4, 0.5) is 5.69 Å². The highest BCUT2D eigenvalue weighted by Crippen LogP contribution is 2.31. The van der Waals surface area contributed by atoms with Crippen LogP contribution in [0.1, 0.15) is 45.6 Å². The Hall–Kier alpha value is -1.40. The van der Waals surface area contributed by atoms with E-state index < -0.39 is 10.0 Å². The monoisotopic (exact) mass is 338 g/mol. The molecule has 5 nitrogen and oxygen atoms in total. The van der Waals surface area contributed by atoms with E-state index >= 15 is 0 Å². The molecule has 6 heteroatoms. The van der Waals surface area contributed by atoms with Gasteiger partial charge in [0.25, 0.3) is 0 Å². The van der Waals surface area contributed by atoms with Gasteiger partial charge in [-0.1, -0.05) is 27.2 Å². The molecule has 1 amide bonds. The number of carbonyl (C=O) groups excluding carboxylic acids is 1. The van der Waals surface area contributed by atoms with E-state index in [1.165, 1.54) is 4.31 Å². The second-order valence-electron chi connectivity index (χ2n) is 5.79. The van der Waals surface area contributed by atoms with Crippen LogP contribution in [0.5, 0.6) is 0 Å². The van der Waals surface area contributed by atoms with Crippen LogP contribution in [-0.4, -0.2) is 38.3 Å². The van der Waals surface area contributed by atoms with E-state index in [2.05, 4.69) is 6.92 Å². The first-order valence-corrected chi connectivity index (χ1v) is 9.83. The van der Waals surface area contributed by atoms with Gasteiger partial charge in [-0.15, -0.1) is 0 Å². The van der Waals surface area contributed by atoms with Gasteiger partial charge in [0.2, 0.25) is 15.9 Å². The number of hydrogen-bond acceptors (Lipinski definition) is 3. The molecule has 1 aliphatic rings. The van der Waals surface area contributed by atoms with E-state index in [1.807, 2.05) is 13.8 Å². The standard InChI is InChI=1S/C17H26N2O3S/c1-4-7-11-18(6-3)23(21,22)15-8-9-16-14(13-15)10-12-19(16)17(20)5-2/h8-9,13H,4-7,10-12H2,1-3H3. The smallest absolute Gasteiger partial charge is 0.243 e. The third-order valence-corrected chi connectivity index (χ3v) is 6.27. The topological polar surface area (TPSA) is 57.7 Å². The van der Waals surface area contributed by atoms with E-state index in [1.54, 1.807) is 23.1 Å². The van der Waals surface area contributed by atoms with E-state index in [0.717, 1.165) is 24.1 Å². The summed E-state index contributed by atoms with van der Waals surface area (Å²) in [4.78, 5) is 14.0. The molecule has 0 aromatic heterocycles. The summed E-state index contributed by atoms with van der Waals surface area (Å²) >= 11 is 0. The number of nitrogens with zero attached hydrogens (tertiary/aromatic N) is 2. The van der Waals surface area contributed by atoms with Gasteiger partial charge in [0.05, 0.1) is 4.90 Å². The molecular weight excluding hydrogens is 312 g/mol. The van der Waals surface area contributed by atoms with E-state index in [-0.39, 0.29) is 5.91 Å². The number of sulfonamides is 1. The van der Waals surface area contributed by atoms with Gasteiger partial charge in [0.1, 0.15) is 0 Å². The summed E-state index contributed by atoms with van der Waals surface area (Å²) in [5, 5.41) is 0. The Labute approximate surface area is 139 Å². The van der Waals surface area contributed by atoms with Crippen LogP contribution in [-0.2, 0) is 21.2 Å².